The lowest BCUT2D eigenvalue weighted by atomic mass is 9.88. The van der Waals surface area contributed by atoms with Crippen molar-refractivity contribution >= 4 is 17.7 Å². The van der Waals surface area contributed by atoms with Gasteiger partial charge in [0, 0.05) is 30.8 Å². The van der Waals surface area contributed by atoms with Gasteiger partial charge < -0.3 is 29.7 Å². The molecule has 186 valence electrons. The van der Waals surface area contributed by atoms with Crippen LogP contribution in [0, 0.1) is 5.92 Å². The molecule has 2 aromatic carbocycles. The zero-order chi connectivity index (χ0) is 24.8. The van der Waals surface area contributed by atoms with Crippen LogP contribution in [-0.2, 0) is 4.79 Å². The lowest BCUT2D eigenvalue weighted by Gasteiger charge is -2.36. The summed E-state index contributed by atoms with van der Waals surface area (Å²) in [7, 11) is 1.58. The predicted molar refractivity (Wildman–Crippen MR) is 129 cm³/mol. The van der Waals surface area contributed by atoms with E-state index in [4.69, 9.17) is 14.2 Å². The molecule has 2 aromatic rings. The Balaban J connectivity index is 1.42. The molecule has 0 unspecified atom stereocenters. The highest BCUT2D eigenvalue weighted by atomic mass is 16.7. The number of piperidine rings is 1. The van der Waals surface area contributed by atoms with Crippen molar-refractivity contribution < 1.29 is 28.6 Å². The van der Waals surface area contributed by atoms with Gasteiger partial charge in [0.15, 0.2) is 11.5 Å². The maximum absolute atomic E-state index is 13.0. The summed E-state index contributed by atoms with van der Waals surface area (Å²) in [5.74, 6) is 1.09. The van der Waals surface area contributed by atoms with Crippen LogP contribution < -0.4 is 24.8 Å². The number of nitrogens with zero attached hydrogens (tertiary/aromatic N) is 1. The Morgan fingerprint density at radius 1 is 1.03 bits per heavy atom. The van der Waals surface area contributed by atoms with Crippen LogP contribution in [0.25, 0.3) is 0 Å². The largest absolute Gasteiger partial charge is 0.497 e. The van der Waals surface area contributed by atoms with Gasteiger partial charge in [-0.2, -0.15) is 0 Å². The highest BCUT2D eigenvalue weighted by Crippen LogP contribution is 2.32. The Labute approximate surface area is 204 Å². The maximum atomic E-state index is 13.0. The first-order valence-corrected chi connectivity index (χ1v) is 11.9. The number of carbonyl (C=O) groups is 3. The molecule has 2 aliphatic heterocycles. The zero-order valence-corrected chi connectivity index (χ0v) is 20.0. The molecule has 9 heteroatoms. The molecule has 0 spiro atoms. The van der Waals surface area contributed by atoms with Crippen LogP contribution in [0.4, 0.5) is 0 Å². The van der Waals surface area contributed by atoms with Crippen molar-refractivity contribution in [2.24, 2.45) is 5.92 Å². The van der Waals surface area contributed by atoms with Gasteiger partial charge in [0.05, 0.1) is 7.11 Å². The first kappa shape index (κ1) is 24.4. The fourth-order valence-corrected chi connectivity index (χ4v) is 4.37. The van der Waals surface area contributed by atoms with Crippen molar-refractivity contribution in [1.82, 2.24) is 15.5 Å². The molecule has 0 radical (unpaired) electrons. The van der Waals surface area contributed by atoms with E-state index < -0.39 is 6.04 Å². The molecule has 1 saturated heterocycles. The molecular formula is C26H31N3O6. The van der Waals surface area contributed by atoms with Crippen LogP contribution in [0.15, 0.2) is 42.5 Å². The van der Waals surface area contributed by atoms with E-state index in [1.807, 2.05) is 6.92 Å². The van der Waals surface area contributed by atoms with Gasteiger partial charge in [-0.05, 0) is 67.6 Å². The smallest absolute Gasteiger partial charge is 0.253 e. The van der Waals surface area contributed by atoms with Crippen molar-refractivity contribution in [3.63, 3.8) is 0 Å². The van der Waals surface area contributed by atoms with E-state index in [2.05, 4.69) is 10.6 Å². The molecule has 9 nitrogen and oxygen atoms in total. The Morgan fingerprint density at radius 3 is 2.40 bits per heavy atom. The topological polar surface area (TPSA) is 106 Å². The Bertz CT molecular complexity index is 1060. The maximum Gasteiger partial charge on any atom is 0.253 e. The first-order chi connectivity index (χ1) is 17.0. The minimum absolute atomic E-state index is 0.0533. The Kier molecular flexibility index (Phi) is 7.74. The molecular weight excluding hydrogens is 450 g/mol. The van der Waals surface area contributed by atoms with Gasteiger partial charge in [-0.15, -0.1) is 0 Å². The third kappa shape index (κ3) is 5.67. The standard InChI is InChI=1S/C26H31N3O6/c1-3-12-27-25(31)23(28-24(30)19-6-9-21-22(15-19)35-16-34-21)17-10-13-29(14-11-17)26(32)18-4-7-20(33-2)8-5-18/h4-9,15,17,23H,3,10-14,16H2,1-2H3,(H,27,31)(H,28,30)/t23-/m0/s1. The normalized spacial score (nSPS) is 15.9. The molecule has 0 saturated carbocycles. The van der Waals surface area contributed by atoms with E-state index in [1.54, 1.807) is 54.5 Å². The van der Waals surface area contributed by atoms with Crippen LogP contribution in [-0.4, -0.2) is 62.2 Å². The number of hydrogen-bond donors (Lipinski definition) is 2. The fourth-order valence-electron chi connectivity index (χ4n) is 4.37. The quantitative estimate of drug-likeness (QED) is 0.600. The van der Waals surface area contributed by atoms with Gasteiger partial charge >= 0.3 is 0 Å². The minimum atomic E-state index is -0.697. The number of fused-ring (bicyclic) bond motifs is 1. The number of amides is 3. The van der Waals surface area contributed by atoms with Gasteiger partial charge in [0.2, 0.25) is 12.7 Å². The summed E-state index contributed by atoms with van der Waals surface area (Å²) in [5, 5.41) is 5.83. The molecule has 0 aromatic heterocycles. The minimum Gasteiger partial charge on any atom is -0.497 e. The average molecular weight is 482 g/mol. The lowest BCUT2D eigenvalue weighted by Crippen LogP contribution is -2.54. The fraction of sp³-hybridized carbons (Fsp3) is 0.423. The number of likely N-dealkylation sites (tertiary alicyclic amines) is 1. The summed E-state index contributed by atoms with van der Waals surface area (Å²) in [6, 6.07) is 11.3. The number of carbonyl (C=O) groups excluding carboxylic acids is 3. The van der Waals surface area contributed by atoms with Crippen molar-refractivity contribution in [3.05, 3.63) is 53.6 Å². The second-order valence-electron chi connectivity index (χ2n) is 8.67. The number of hydrogen-bond acceptors (Lipinski definition) is 6. The SMILES string of the molecule is CCCNC(=O)[C@@H](NC(=O)c1ccc2c(c1)OCO2)C1CCN(C(=O)c2ccc(OC)cc2)CC1. The molecule has 2 N–H and O–H groups in total. The number of ether oxygens (including phenoxy) is 3. The Morgan fingerprint density at radius 2 is 1.71 bits per heavy atom. The summed E-state index contributed by atoms with van der Waals surface area (Å²) < 4.78 is 15.8. The van der Waals surface area contributed by atoms with Gasteiger partial charge in [0.1, 0.15) is 11.8 Å². The van der Waals surface area contributed by atoms with E-state index >= 15 is 0 Å². The zero-order valence-electron chi connectivity index (χ0n) is 20.0. The van der Waals surface area contributed by atoms with Gasteiger partial charge in [-0.25, -0.2) is 0 Å². The molecule has 2 aliphatic rings. The van der Waals surface area contributed by atoms with Gasteiger partial charge in [-0.3, -0.25) is 14.4 Å². The van der Waals surface area contributed by atoms with E-state index in [1.165, 1.54) is 0 Å². The summed E-state index contributed by atoms with van der Waals surface area (Å²) in [5.41, 5.74) is 0.993. The lowest BCUT2D eigenvalue weighted by molar-refractivity contribution is -0.124. The molecule has 0 bridgehead atoms. The summed E-state index contributed by atoms with van der Waals surface area (Å²) >= 11 is 0. The molecule has 3 amide bonds. The molecule has 1 atom stereocenters. The van der Waals surface area contributed by atoms with Crippen molar-refractivity contribution in [3.8, 4) is 17.2 Å². The predicted octanol–water partition coefficient (Wildman–Crippen LogP) is 2.60. The van der Waals surface area contributed by atoms with E-state index in [0.29, 0.717) is 60.9 Å². The number of nitrogens with one attached hydrogen (secondary N) is 2. The molecule has 1 fully saturated rings. The van der Waals surface area contributed by atoms with E-state index in [0.717, 1.165) is 6.42 Å². The highest BCUT2D eigenvalue weighted by Gasteiger charge is 2.34. The van der Waals surface area contributed by atoms with Crippen LogP contribution in [0.3, 0.4) is 0 Å². The van der Waals surface area contributed by atoms with Crippen molar-refractivity contribution in [1.29, 1.82) is 0 Å². The van der Waals surface area contributed by atoms with Gasteiger partial charge in [0.25, 0.3) is 11.8 Å². The van der Waals surface area contributed by atoms with Crippen molar-refractivity contribution in [2.45, 2.75) is 32.2 Å². The van der Waals surface area contributed by atoms with Gasteiger partial charge in [-0.1, -0.05) is 6.92 Å². The second-order valence-corrected chi connectivity index (χ2v) is 8.67. The molecule has 0 aliphatic carbocycles. The summed E-state index contributed by atoms with van der Waals surface area (Å²) in [4.78, 5) is 40.7. The van der Waals surface area contributed by atoms with Crippen LogP contribution >= 0.6 is 0 Å². The second kappa shape index (κ2) is 11.1. The molecule has 4 rings (SSSR count). The number of rotatable bonds is 8. The van der Waals surface area contributed by atoms with Crippen molar-refractivity contribution in [2.75, 3.05) is 33.5 Å². The number of benzene rings is 2. The third-order valence-corrected chi connectivity index (χ3v) is 6.39. The van der Waals surface area contributed by atoms with Crippen LogP contribution in [0.2, 0.25) is 0 Å². The van der Waals surface area contributed by atoms with Crippen LogP contribution in [0.5, 0.6) is 17.2 Å². The Hall–Kier alpha value is -3.75. The third-order valence-electron chi connectivity index (χ3n) is 6.39. The highest BCUT2D eigenvalue weighted by molar-refractivity contribution is 5.98. The average Bonchev–Trinajstić information content (AvgIpc) is 3.38. The summed E-state index contributed by atoms with van der Waals surface area (Å²) in [6.45, 7) is 3.64. The van der Waals surface area contributed by atoms with E-state index in [-0.39, 0.29) is 30.4 Å². The van der Waals surface area contributed by atoms with Crippen LogP contribution in [0.1, 0.15) is 46.9 Å². The molecule has 35 heavy (non-hydrogen) atoms. The monoisotopic (exact) mass is 481 g/mol. The summed E-state index contributed by atoms with van der Waals surface area (Å²) in [6.07, 6.45) is 2.00. The first-order valence-electron chi connectivity index (χ1n) is 11.9. The number of methoxy groups -OCH3 is 1. The molecule has 2 heterocycles. The van der Waals surface area contributed by atoms with E-state index in [9.17, 15) is 14.4 Å².